The van der Waals surface area contributed by atoms with Crippen molar-refractivity contribution in [2.45, 2.75) is 19.1 Å². The molecule has 0 fully saturated rings. The first-order valence-corrected chi connectivity index (χ1v) is 8.49. The number of methoxy groups -OCH3 is 1. The Morgan fingerprint density at radius 2 is 2.00 bits per heavy atom. The highest BCUT2D eigenvalue weighted by Gasteiger charge is 2.11. The highest BCUT2D eigenvalue weighted by molar-refractivity contribution is 6.42. The van der Waals surface area contributed by atoms with Crippen LogP contribution in [0.2, 0.25) is 10.0 Å². The van der Waals surface area contributed by atoms with Crippen molar-refractivity contribution in [1.82, 2.24) is 5.32 Å². The SMILES string of the molecule is COCC(Cc1cccc(OCc2cccc(Cl)c2Cl)c1)NC(=N)N. The van der Waals surface area contributed by atoms with Crippen LogP contribution in [0.25, 0.3) is 0 Å². The average Bonchev–Trinajstić information content (AvgIpc) is 2.56. The zero-order valence-electron chi connectivity index (χ0n) is 13.9. The summed E-state index contributed by atoms with van der Waals surface area (Å²) < 4.78 is 11.0. The molecule has 0 aliphatic rings. The average molecular weight is 382 g/mol. The van der Waals surface area contributed by atoms with Crippen molar-refractivity contribution in [1.29, 1.82) is 5.41 Å². The molecule has 0 aliphatic carbocycles. The third-order valence-corrected chi connectivity index (χ3v) is 4.39. The van der Waals surface area contributed by atoms with Gasteiger partial charge in [-0.1, -0.05) is 47.5 Å². The molecule has 0 amide bonds. The van der Waals surface area contributed by atoms with Crippen molar-refractivity contribution in [2.24, 2.45) is 5.73 Å². The summed E-state index contributed by atoms with van der Waals surface area (Å²) in [5, 5.41) is 11.3. The summed E-state index contributed by atoms with van der Waals surface area (Å²) >= 11 is 12.2. The largest absolute Gasteiger partial charge is 0.489 e. The first-order valence-electron chi connectivity index (χ1n) is 7.73. The monoisotopic (exact) mass is 381 g/mol. The number of benzene rings is 2. The fourth-order valence-electron chi connectivity index (χ4n) is 2.44. The standard InChI is InChI=1S/C18H21Cl2N3O2/c1-24-11-14(23-18(21)22)8-12-4-2-6-15(9-12)25-10-13-5-3-7-16(19)17(13)20/h2-7,9,14H,8,10-11H2,1H3,(H4,21,22,23). The molecule has 0 heterocycles. The van der Waals surface area contributed by atoms with Gasteiger partial charge in [-0.15, -0.1) is 0 Å². The first-order chi connectivity index (χ1) is 12.0. The van der Waals surface area contributed by atoms with Gasteiger partial charge in [0, 0.05) is 12.7 Å². The Balaban J connectivity index is 2.02. The molecule has 134 valence electrons. The van der Waals surface area contributed by atoms with E-state index in [1.807, 2.05) is 36.4 Å². The Morgan fingerprint density at radius 1 is 1.24 bits per heavy atom. The van der Waals surface area contributed by atoms with Gasteiger partial charge in [-0.05, 0) is 30.2 Å². The minimum atomic E-state index is -0.0832. The maximum Gasteiger partial charge on any atom is 0.186 e. The molecule has 0 spiro atoms. The van der Waals surface area contributed by atoms with Crippen LogP contribution in [0.5, 0.6) is 5.75 Å². The van der Waals surface area contributed by atoms with Gasteiger partial charge in [-0.2, -0.15) is 0 Å². The number of halogens is 2. The number of rotatable bonds is 8. The molecule has 1 unspecified atom stereocenters. The number of nitrogens with two attached hydrogens (primary N) is 1. The predicted octanol–water partition coefficient (Wildman–Crippen LogP) is 3.61. The summed E-state index contributed by atoms with van der Waals surface area (Å²) in [7, 11) is 1.61. The zero-order valence-corrected chi connectivity index (χ0v) is 15.4. The van der Waals surface area contributed by atoms with E-state index in [1.165, 1.54) is 0 Å². The summed E-state index contributed by atoms with van der Waals surface area (Å²) in [6, 6.07) is 13.1. The van der Waals surface area contributed by atoms with Crippen LogP contribution in [0, 0.1) is 5.41 Å². The van der Waals surface area contributed by atoms with Crippen LogP contribution in [-0.4, -0.2) is 25.7 Å². The van der Waals surface area contributed by atoms with E-state index < -0.39 is 0 Å². The Labute approximate surface area is 157 Å². The number of guanidine groups is 1. The van der Waals surface area contributed by atoms with Gasteiger partial charge < -0.3 is 20.5 Å². The van der Waals surface area contributed by atoms with E-state index in [9.17, 15) is 0 Å². The van der Waals surface area contributed by atoms with Crippen LogP contribution in [0.1, 0.15) is 11.1 Å². The lowest BCUT2D eigenvalue weighted by Gasteiger charge is -2.18. The van der Waals surface area contributed by atoms with Crippen molar-refractivity contribution < 1.29 is 9.47 Å². The third kappa shape index (κ3) is 6.12. The summed E-state index contributed by atoms with van der Waals surface area (Å²) in [4.78, 5) is 0. The summed E-state index contributed by atoms with van der Waals surface area (Å²) in [5.74, 6) is 0.651. The molecule has 0 radical (unpaired) electrons. The molecule has 0 saturated carbocycles. The second-order valence-corrected chi connectivity index (χ2v) is 6.35. The molecule has 2 aromatic carbocycles. The van der Waals surface area contributed by atoms with Crippen molar-refractivity contribution >= 4 is 29.2 Å². The van der Waals surface area contributed by atoms with Gasteiger partial charge in [-0.3, -0.25) is 5.41 Å². The molecule has 2 aromatic rings. The van der Waals surface area contributed by atoms with Gasteiger partial charge in [0.05, 0.1) is 22.7 Å². The number of hydrogen-bond donors (Lipinski definition) is 3. The quantitative estimate of drug-likeness (QED) is 0.481. The Hall–Kier alpha value is -1.95. The van der Waals surface area contributed by atoms with Crippen LogP contribution < -0.4 is 15.8 Å². The molecule has 0 saturated heterocycles. The molecule has 4 N–H and O–H groups in total. The lowest BCUT2D eigenvalue weighted by atomic mass is 10.1. The van der Waals surface area contributed by atoms with Crippen molar-refractivity contribution in [3.05, 3.63) is 63.6 Å². The van der Waals surface area contributed by atoms with Crippen molar-refractivity contribution in [3.8, 4) is 5.75 Å². The number of ether oxygens (including phenoxy) is 2. The minimum absolute atomic E-state index is 0.0787. The highest BCUT2D eigenvalue weighted by atomic mass is 35.5. The Bertz CT molecular complexity index is 725. The second kappa shape index (κ2) is 9.51. The van der Waals surface area contributed by atoms with E-state index in [-0.39, 0.29) is 12.0 Å². The van der Waals surface area contributed by atoms with Gasteiger partial charge in [0.15, 0.2) is 5.96 Å². The third-order valence-electron chi connectivity index (χ3n) is 3.53. The van der Waals surface area contributed by atoms with Crippen LogP contribution in [0.4, 0.5) is 0 Å². The van der Waals surface area contributed by atoms with Gasteiger partial charge in [0.25, 0.3) is 0 Å². The van der Waals surface area contributed by atoms with E-state index in [1.54, 1.807) is 13.2 Å². The normalized spacial score (nSPS) is 11.8. The first kappa shape index (κ1) is 19.4. The van der Waals surface area contributed by atoms with Crippen molar-refractivity contribution in [2.75, 3.05) is 13.7 Å². The van der Waals surface area contributed by atoms with E-state index in [2.05, 4.69) is 5.32 Å². The van der Waals surface area contributed by atoms with Crippen LogP contribution >= 0.6 is 23.2 Å². The van der Waals surface area contributed by atoms with E-state index in [4.69, 9.17) is 43.8 Å². The molecule has 25 heavy (non-hydrogen) atoms. The molecule has 1 atom stereocenters. The predicted molar refractivity (Wildman–Crippen MR) is 102 cm³/mol. The fraction of sp³-hybridized carbons (Fsp3) is 0.278. The smallest absolute Gasteiger partial charge is 0.186 e. The van der Waals surface area contributed by atoms with Gasteiger partial charge in [0.1, 0.15) is 12.4 Å². The summed E-state index contributed by atoms with van der Waals surface area (Å²) in [5.41, 5.74) is 7.29. The maximum absolute atomic E-state index is 7.37. The van der Waals surface area contributed by atoms with Crippen LogP contribution in [0.3, 0.4) is 0 Å². The Morgan fingerprint density at radius 3 is 2.72 bits per heavy atom. The lowest BCUT2D eigenvalue weighted by Crippen LogP contribution is -2.43. The molecule has 5 nitrogen and oxygen atoms in total. The van der Waals surface area contributed by atoms with Gasteiger partial charge in [0.2, 0.25) is 0 Å². The zero-order chi connectivity index (χ0) is 18.2. The van der Waals surface area contributed by atoms with E-state index >= 15 is 0 Å². The molecular formula is C18H21Cl2N3O2. The second-order valence-electron chi connectivity index (χ2n) is 5.56. The topological polar surface area (TPSA) is 80.4 Å². The van der Waals surface area contributed by atoms with Gasteiger partial charge >= 0.3 is 0 Å². The lowest BCUT2D eigenvalue weighted by molar-refractivity contribution is 0.173. The summed E-state index contributed by atoms with van der Waals surface area (Å²) in [6.45, 7) is 0.777. The molecule has 0 bridgehead atoms. The molecule has 0 aromatic heterocycles. The van der Waals surface area contributed by atoms with Gasteiger partial charge in [-0.25, -0.2) is 0 Å². The Kier molecular flexibility index (Phi) is 7.37. The molecule has 0 aliphatic heterocycles. The van der Waals surface area contributed by atoms with Crippen LogP contribution in [-0.2, 0) is 17.8 Å². The minimum Gasteiger partial charge on any atom is -0.489 e. The highest BCUT2D eigenvalue weighted by Crippen LogP contribution is 2.26. The molecule has 7 heteroatoms. The van der Waals surface area contributed by atoms with Crippen molar-refractivity contribution in [3.63, 3.8) is 0 Å². The molecule has 2 rings (SSSR count). The fourth-order valence-corrected chi connectivity index (χ4v) is 2.82. The van der Waals surface area contributed by atoms with E-state index in [0.29, 0.717) is 29.7 Å². The number of hydrogen-bond acceptors (Lipinski definition) is 3. The number of nitrogens with one attached hydrogen (secondary N) is 2. The summed E-state index contributed by atoms with van der Waals surface area (Å²) in [6.07, 6.45) is 0.655. The van der Waals surface area contributed by atoms with E-state index in [0.717, 1.165) is 16.9 Å². The molecular weight excluding hydrogens is 361 g/mol. The van der Waals surface area contributed by atoms with Crippen LogP contribution in [0.15, 0.2) is 42.5 Å². The maximum atomic E-state index is 7.37.